The first-order valence-corrected chi connectivity index (χ1v) is 8.28. The van der Waals surface area contributed by atoms with Crippen LogP contribution in [-0.2, 0) is 11.2 Å². The van der Waals surface area contributed by atoms with Crippen molar-refractivity contribution in [2.45, 2.75) is 6.42 Å². The van der Waals surface area contributed by atoms with Gasteiger partial charge in [0, 0.05) is 32.4 Å². The maximum absolute atomic E-state index is 12.4. The summed E-state index contributed by atoms with van der Waals surface area (Å²) in [7, 11) is 1.62. The molecular formula is C19H21N3O3. The lowest BCUT2D eigenvalue weighted by Crippen LogP contribution is -2.51. The largest absolute Gasteiger partial charge is 0.497 e. The molecule has 1 saturated heterocycles. The molecule has 0 radical (unpaired) electrons. The molecule has 25 heavy (non-hydrogen) atoms. The van der Waals surface area contributed by atoms with Crippen molar-refractivity contribution in [3.63, 3.8) is 0 Å². The summed E-state index contributed by atoms with van der Waals surface area (Å²) in [5.41, 5.74) is 1.40. The van der Waals surface area contributed by atoms with Crippen LogP contribution in [0, 0.1) is 0 Å². The van der Waals surface area contributed by atoms with Gasteiger partial charge in [-0.3, -0.25) is 14.6 Å². The number of aromatic nitrogens is 1. The zero-order valence-electron chi connectivity index (χ0n) is 14.2. The summed E-state index contributed by atoms with van der Waals surface area (Å²) < 4.78 is 5.12. The van der Waals surface area contributed by atoms with Crippen molar-refractivity contribution in [3.8, 4) is 5.75 Å². The second kappa shape index (κ2) is 7.79. The molecule has 1 aromatic carbocycles. The van der Waals surface area contributed by atoms with E-state index in [0.29, 0.717) is 38.3 Å². The number of carbonyl (C=O) groups excluding carboxylic acids is 2. The highest BCUT2D eigenvalue weighted by Gasteiger charge is 2.25. The Hall–Kier alpha value is -2.89. The molecule has 6 heteroatoms. The van der Waals surface area contributed by atoms with Gasteiger partial charge in [-0.1, -0.05) is 18.2 Å². The third kappa shape index (κ3) is 4.15. The number of benzene rings is 1. The van der Waals surface area contributed by atoms with Crippen molar-refractivity contribution in [3.05, 3.63) is 59.9 Å². The van der Waals surface area contributed by atoms with Crippen molar-refractivity contribution in [1.29, 1.82) is 0 Å². The molecule has 2 heterocycles. The number of carbonyl (C=O) groups is 2. The first-order valence-electron chi connectivity index (χ1n) is 8.28. The quantitative estimate of drug-likeness (QED) is 0.849. The minimum absolute atomic E-state index is 0.0788. The maximum atomic E-state index is 12.4. The topological polar surface area (TPSA) is 62.7 Å². The fourth-order valence-corrected chi connectivity index (χ4v) is 2.84. The van der Waals surface area contributed by atoms with Gasteiger partial charge in [0.15, 0.2) is 0 Å². The molecule has 0 bridgehead atoms. The molecule has 2 aromatic rings. The summed E-state index contributed by atoms with van der Waals surface area (Å²) in [5.74, 6) is 0.774. The van der Waals surface area contributed by atoms with Gasteiger partial charge in [0.05, 0.1) is 13.5 Å². The van der Waals surface area contributed by atoms with Crippen LogP contribution in [0.1, 0.15) is 16.1 Å². The molecule has 2 amide bonds. The number of methoxy groups -OCH3 is 1. The Morgan fingerprint density at radius 3 is 2.28 bits per heavy atom. The average Bonchev–Trinajstić information content (AvgIpc) is 2.69. The van der Waals surface area contributed by atoms with E-state index in [0.717, 1.165) is 11.3 Å². The van der Waals surface area contributed by atoms with Crippen LogP contribution in [0.3, 0.4) is 0 Å². The average molecular weight is 339 g/mol. The lowest BCUT2D eigenvalue weighted by molar-refractivity contribution is -0.131. The molecular weight excluding hydrogens is 318 g/mol. The van der Waals surface area contributed by atoms with E-state index < -0.39 is 0 Å². The molecule has 0 aliphatic carbocycles. The number of hydrogen-bond acceptors (Lipinski definition) is 4. The normalized spacial score (nSPS) is 14.3. The van der Waals surface area contributed by atoms with Crippen LogP contribution >= 0.6 is 0 Å². The number of ether oxygens (including phenoxy) is 1. The van der Waals surface area contributed by atoms with Crippen LogP contribution in [0.2, 0.25) is 0 Å². The molecule has 0 atom stereocenters. The highest BCUT2D eigenvalue weighted by molar-refractivity contribution is 5.92. The summed E-state index contributed by atoms with van der Waals surface area (Å²) >= 11 is 0. The van der Waals surface area contributed by atoms with Crippen LogP contribution in [0.4, 0.5) is 0 Å². The lowest BCUT2D eigenvalue weighted by Gasteiger charge is -2.34. The summed E-state index contributed by atoms with van der Waals surface area (Å²) in [5, 5.41) is 0. The molecule has 1 aliphatic rings. The van der Waals surface area contributed by atoms with Gasteiger partial charge < -0.3 is 14.5 Å². The molecule has 0 saturated carbocycles. The molecule has 0 spiro atoms. The van der Waals surface area contributed by atoms with Gasteiger partial charge in [-0.15, -0.1) is 0 Å². The number of nitrogens with zero attached hydrogens (tertiary/aromatic N) is 3. The Morgan fingerprint density at radius 1 is 1.00 bits per heavy atom. The molecule has 130 valence electrons. The predicted molar refractivity (Wildman–Crippen MR) is 93.4 cm³/mol. The monoisotopic (exact) mass is 339 g/mol. The van der Waals surface area contributed by atoms with E-state index in [9.17, 15) is 9.59 Å². The number of hydrogen-bond donors (Lipinski definition) is 0. The third-order valence-electron chi connectivity index (χ3n) is 4.32. The molecule has 1 aromatic heterocycles. The second-order valence-corrected chi connectivity index (χ2v) is 5.91. The number of pyridine rings is 1. The third-order valence-corrected chi connectivity index (χ3v) is 4.32. The van der Waals surface area contributed by atoms with Gasteiger partial charge >= 0.3 is 0 Å². The van der Waals surface area contributed by atoms with Gasteiger partial charge in [0.2, 0.25) is 5.91 Å². The van der Waals surface area contributed by atoms with Crippen molar-refractivity contribution >= 4 is 11.8 Å². The van der Waals surface area contributed by atoms with Crippen LogP contribution < -0.4 is 4.74 Å². The summed E-state index contributed by atoms with van der Waals surface area (Å²) in [6.45, 7) is 2.16. The van der Waals surface area contributed by atoms with Gasteiger partial charge in [0.25, 0.3) is 5.91 Å². The first kappa shape index (κ1) is 17.0. The summed E-state index contributed by atoms with van der Waals surface area (Å²) in [6.07, 6.45) is 1.97. The van der Waals surface area contributed by atoms with Crippen molar-refractivity contribution < 1.29 is 14.3 Å². The Balaban J connectivity index is 1.53. The number of amides is 2. The van der Waals surface area contributed by atoms with E-state index in [4.69, 9.17) is 4.74 Å². The molecule has 1 fully saturated rings. The van der Waals surface area contributed by atoms with E-state index >= 15 is 0 Å². The smallest absolute Gasteiger partial charge is 0.272 e. The van der Waals surface area contributed by atoms with E-state index in [-0.39, 0.29) is 11.8 Å². The van der Waals surface area contributed by atoms with E-state index in [1.54, 1.807) is 36.4 Å². The van der Waals surface area contributed by atoms with Crippen LogP contribution in [0.5, 0.6) is 5.75 Å². The molecule has 6 nitrogen and oxygen atoms in total. The minimum Gasteiger partial charge on any atom is -0.497 e. The van der Waals surface area contributed by atoms with Crippen LogP contribution in [0.25, 0.3) is 0 Å². The fourth-order valence-electron chi connectivity index (χ4n) is 2.84. The molecule has 1 aliphatic heterocycles. The number of piperazine rings is 1. The summed E-state index contributed by atoms with van der Waals surface area (Å²) in [4.78, 5) is 32.5. The molecule has 0 N–H and O–H groups in total. The summed E-state index contributed by atoms with van der Waals surface area (Å²) in [6, 6.07) is 12.8. The SMILES string of the molecule is COc1ccc(CC(=O)N2CCN(C(=O)c3ccccn3)CC2)cc1. The van der Waals surface area contributed by atoms with Crippen molar-refractivity contribution in [2.75, 3.05) is 33.3 Å². The van der Waals surface area contributed by atoms with Gasteiger partial charge in [-0.2, -0.15) is 0 Å². The molecule has 3 rings (SSSR count). The van der Waals surface area contributed by atoms with E-state index in [1.807, 2.05) is 29.2 Å². The second-order valence-electron chi connectivity index (χ2n) is 5.91. The Morgan fingerprint density at radius 2 is 1.68 bits per heavy atom. The number of rotatable bonds is 4. The standard InChI is InChI=1S/C19H21N3O3/c1-25-16-7-5-15(6-8-16)14-18(23)21-10-12-22(13-11-21)19(24)17-4-2-3-9-20-17/h2-9H,10-14H2,1H3. The van der Waals surface area contributed by atoms with Crippen molar-refractivity contribution in [1.82, 2.24) is 14.8 Å². The maximum Gasteiger partial charge on any atom is 0.272 e. The highest BCUT2D eigenvalue weighted by atomic mass is 16.5. The van der Waals surface area contributed by atoms with E-state index in [1.165, 1.54) is 0 Å². The lowest BCUT2D eigenvalue weighted by atomic mass is 10.1. The Bertz CT molecular complexity index is 723. The van der Waals surface area contributed by atoms with Gasteiger partial charge in [-0.05, 0) is 29.8 Å². The fraction of sp³-hybridized carbons (Fsp3) is 0.316. The predicted octanol–water partition coefficient (Wildman–Crippen LogP) is 1.62. The van der Waals surface area contributed by atoms with Crippen molar-refractivity contribution in [2.24, 2.45) is 0 Å². The molecule has 0 unspecified atom stereocenters. The zero-order chi connectivity index (χ0) is 17.6. The van der Waals surface area contributed by atoms with Gasteiger partial charge in [-0.25, -0.2) is 0 Å². The first-order chi connectivity index (χ1) is 12.2. The van der Waals surface area contributed by atoms with E-state index in [2.05, 4.69) is 4.98 Å². The van der Waals surface area contributed by atoms with Gasteiger partial charge in [0.1, 0.15) is 11.4 Å². The Labute approximate surface area is 147 Å². The van der Waals surface area contributed by atoms with Crippen LogP contribution in [-0.4, -0.2) is 59.9 Å². The van der Waals surface area contributed by atoms with Crippen LogP contribution in [0.15, 0.2) is 48.7 Å². The highest BCUT2D eigenvalue weighted by Crippen LogP contribution is 2.13. The minimum atomic E-state index is -0.0807. The Kier molecular flexibility index (Phi) is 5.28. The zero-order valence-corrected chi connectivity index (χ0v) is 14.2.